The largest absolute Gasteiger partial charge is 0.480 e. The molecule has 0 fully saturated rings. The zero-order valence-corrected chi connectivity index (χ0v) is 24.7. The number of carbonyl (C=O) groups excluding carboxylic acids is 4. The molecule has 0 aliphatic heterocycles. The number of primary amides is 1. The Morgan fingerprint density at radius 2 is 1.47 bits per heavy atom. The van der Waals surface area contributed by atoms with Gasteiger partial charge in [0, 0.05) is 36.4 Å². The van der Waals surface area contributed by atoms with Crippen LogP contribution in [-0.4, -0.2) is 75.9 Å². The fourth-order valence-corrected chi connectivity index (χ4v) is 5.01. The first-order valence-electron chi connectivity index (χ1n) is 13.8. The summed E-state index contributed by atoms with van der Waals surface area (Å²) in [5.41, 5.74) is 13.4. The molecule has 1 aromatic heterocycles. The number of carboxylic acid groups (broad SMARTS) is 1. The number of benzene rings is 2. The maximum Gasteiger partial charge on any atom is 0.326 e. The van der Waals surface area contributed by atoms with Gasteiger partial charge in [0.2, 0.25) is 23.6 Å². The molecule has 0 aliphatic carbocycles. The van der Waals surface area contributed by atoms with Crippen molar-refractivity contribution < 1.29 is 29.1 Å². The number of hydrogen-bond donors (Lipinski definition) is 7. The van der Waals surface area contributed by atoms with Crippen LogP contribution in [-0.2, 0) is 36.8 Å². The van der Waals surface area contributed by atoms with E-state index in [9.17, 15) is 29.1 Å². The number of aromatic amines is 1. The first kappa shape index (κ1) is 33.1. The van der Waals surface area contributed by atoms with Crippen molar-refractivity contribution in [3.05, 3.63) is 71.9 Å². The molecular weight excluding hydrogens is 572 g/mol. The molecule has 0 bridgehead atoms. The maximum absolute atomic E-state index is 13.6. The van der Waals surface area contributed by atoms with E-state index in [0.29, 0.717) is 5.75 Å². The highest BCUT2D eigenvalue weighted by atomic mass is 32.2. The Labute approximate surface area is 253 Å². The fourth-order valence-electron chi connectivity index (χ4n) is 4.54. The minimum Gasteiger partial charge on any atom is -0.480 e. The third-order valence-electron chi connectivity index (χ3n) is 6.91. The lowest BCUT2D eigenvalue weighted by molar-refractivity contribution is -0.142. The Bertz CT molecular complexity index is 1410. The Kier molecular flexibility index (Phi) is 12.6. The summed E-state index contributed by atoms with van der Waals surface area (Å²) in [6.07, 6.45) is 3.86. The topological polar surface area (TPSA) is 209 Å². The van der Waals surface area contributed by atoms with E-state index in [-0.39, 0.29) is 32.1 Å². The van der Waals surface area contributed by atoms with Gasteiger partial charge in [-0.3, -0.25) is 19.2 Å². The van der Waals surface area contributed by atoms with Crippen LogP contribution < -0.4 is 27.4 Å². The minimum absolute atomic E-state index is 0.0155. The van der Waals surface area contributed by atoms with Crippen LogP contribution in [0.1, 0.15) is 30.4 Å². The number of rotatable bonds is 17. The van der Waals surface area contributed by atoms with Gasteiger partial charge in [0.1, 0.15) is 18.1 Å². The standard InChI is InChI=1S/C30H38N6O6S/c1-43-14-13-23(34-27(38)21(31)11-12-26(32)37)28(39)35-24(16-19-17-33-22-10-6-5-9-20(19)22)29(40)36-25(30(41)42)15-18-7-3-2-4-8-18/h2-10,17,21,23-25,33H,11-16,31H2,1H3,(H2,32,37)(H,34,38)(H,35,39)(H,36,40)(H,41,42). The number of H-pyrrole nitrogens is 1. The number of carbonyl (C=O) groups is 5. The van der Waals surface area contributed by atoms with Gasteiger partial charge in [-0.25, -0.2) is 4.79 Å². The van der Waals surface area contributed by atoms with Crippen molar-refractivity contribution >= 4 is 52.3 Å². The summed E-state index contributed by atoms with van der Waals surface area (Å²) < 4.78 is 0. The third-order valence-corrected chi connectivity index (χ3v) is 7.56. The Hall–Kier alpha value is -4.36. The lowest BCUT2D eigenvalue weighted by Gasteiger charge is -2.25. The number of aliphatic carboxylic acids is 1. The average Bonchev–Trinajstić information content (AvgIpc) is 3.40. The van der Waals surface area contributed by atoms with Crippen LogP contribution in [0.15, 0.2) is 60.8 Å². The third kappa shape index (κ3) is 10.1. The van der Waals surface area contributed by atoms with Crippen LogP contribution in [0.3, 0.4) is 0 Å². The molecule has 1 heterocycles. The maximum atomic E-state index is 13.6. The molecule has 43 heavy (non-hydrogen) atoms. The van der Waals surface area contributed by atoms with Gasteiger partial charge in [0.25, 0.3) is 0 Å². The summed E-state index contributed by atoms with van der Waals surface area (Å²) in [6.45, 7) is 0. The van der Waals surface area contributed by atoms with Gasteiger partial charge in [-0.1, -0.05) is 48.5 Å². The lowest BCUT2D eigenvalue weighted by Crippen LogP contribution is -2.58. The summed E-state index contributed by atoms with van der Waals surface area (Å²) >= 11 is 1.47. The summed E-state index contributed by atoms with van der Waals surface area (Å²) in [6, 6.07) is 11.9. The molecule has 0 aliphatic rings. The van der Waals surface area contributed by atoms with Crippen LogP contribution >= 0.6 is 11.8 Å². The number of aromatic nitrogens is 1. The smallest absolute Gasteiger partial charge is 0.326 e. The van der Waals surface area contributed by atoms with Gasteiger partial charge in [-0.15, -0.1) is 0 Å². The first-order chi connectivity index (χ1) is 20.6. The van der Waals surface area contributed by atoms with E-state index >= 15 is 0 Å². The van der Waals surface area contributed by atoms with E-state index in [0.717, 1.165) is 22.0 Å². The first-order valence-corrected chi connectivity index (χ1v) is 15.2. The molecule has 13 heteroatoms. The van der Waals surface area contributed by atoms with Crippen LogP contribution in [0.5, 0.6) is 0 Å². The molecule has 0 saturated carbocycles. The van der Waals surface area contributed by atoms with Crippen molar-refractivity contribution in [2.45, 2.75) is 56.3 Å². The van der Waals surface area contributed by atoms with E-state index < -0.39 is 53.8 Å². The molecule has 0 saturated heterocycles. The van der Waals surface area contributed by atoms with E-state index in [1.165, 1.54) is 11.8 Å². The van der Waals surface area contributed by atoms with Gasteiger partial charge in [0.05, 0.1) is 6.04 Å². The van der Waals surface area contributed by atoms with Gasteiger partial charge >= 0.3 is 5.97 Å². The second-order valence-corrected chi connectivity index (χ2v) is 11.2. The molecule has 4 unspecified atom stereocenters. The summed E-state index contributed by atoms with van der Waals surface area (Å²) in [5.74, 6) is -3.24. The second kappa shape index (κ2) is 16.3. The number of amides is 4. The van der Waals surface area contributed by atoms with E-state index in [1.54, 1.807) is 30.5 Å². The molecule has 3 aromatic rings. The van der Waals surface area contributed by atoms with Crippen LogP contribution in [0.2, 0.25) is 0 Å². The highest BCUT2D eigenvalue weighted by molar-refractivity contribution is 7.98. The number of fused-ring (bicyclic) bond motifs is 1. The van der Waals surface area contributed by atoms with Crippen molar-refractivity contribution in [2.24, 2.45) is 11.5 Å². The van der Waals surface area contributed by atoms with Crippen LogP contribution in [0.25, 0.3) is 10.9 Å². The van der Waals surface area contributed by atoms with Crippen molar-refractivity contribution in [3.8, 4) is 0 Å². The average molecular weight is 611 g/mol. The Balaban J connectivity index is 1.83. The number of nitrogens with one attached hydrogen (secondary N) is 4. The highest BCUT2D eigenvalue weighted by Gasteiger charge is 2.31. The molecule has 4 atom stereocenters. The quantitative estimate of drug-likeness (QED) is 0.116. The second-order valence-electron chi connectivity index (χ2n) is 10.2. The normalized spacial score (nSPS) is 13.8. The van der Waals surface area contributed by atoms with Crippen molar-refractivity contribution in [2.75, 3.05) is 12.0 Å². The monoisotopic (exact) mass is 610 g/mol. The molecule has 0 radical (unpaired) electrons. The molecule has 4 amide bonds. The zero-order chi connectivity index (χ0) is 31.4. The number of para-hydroxylation sites is 1. The SMILES string of the molecule is CSCCC(NC(=O)C(N)CCC(N)=O)C(=O)NC(Cc1c[nH]c2ccccc12)C(=O)NC(Cc1ccccc1)C(=O)O. The summed E-state index contributed by atoms with van der Waals surface area (Å²) in [7, 11) is 0. The zero-order valence-electron chi connectivity index (χ0n) is 23.9. The van der Waals surface area contributed by atoms with Gasteiger partial charge in [-0.2, -0.15) is 11.8 Å². The summed E-state index contributed by atoms with van der Waals surface area (Å²) in [4.78, 5) is 66.2. The van der Waals surface area contributed by atoms with E-state index in [4.69, 9.17) is 11.5 Å². The van der Waals surface area contributed by atoms with Gasteiger partial charge in [-0.05, 0) is 42.0 Å². The van der Waals surface area contributed by atoms with E-state index in [2.05, 4.69) is 20.9 Å². The number of hydrogen-bond acceptors (Lipinski definition) is 7. The molecular formula is C30H38N6O6S. The van der Waals surface area contributed by atoms with Crippen molar-refractivity contribution in [1.82, 2.24) is 20.9 Å². The van der Waals surface area contributed by atoms with Crippen LogP contribution in [0, 0.1) is 0 Å². The Morgan fingerprint density at radius 3 is 2.14 bits per heavy atom. The van der Waals surface area contributed by atoms with Crippen molar-refractivity contribution in [1.29, 1.82) is 0 Å². The molecule has 12 nitrogen and oxygen atoms in total. The molecule has 2 aromatic carbocycles. The highest BCUT2D eigenvalue weighted by Crippen LogP contribution is 2.19. The number of carboxylic acids is 1. The number of nitrogens with two attached hydrogens (primary N) is 2. The Morgan fingerprint density at radius 1 is 0.837 bits per heavy atom. The van der Waals surface area contributed by atoms with Gasteiger partial charge < -0.3 is 37.5 Å². The molecule has 230 valence electrons. The number of thioether (sulfide) groups is 1. The lowest BCUT2D eigenvalue weighted by atomic mass is 10.0. The van der Waals surface area contributed by atoms with Crippen LogP contribution in [0.4, 0.5) is 0 Å². The fraction of sp³-hybridized carbons (Fsp3) is 0.367. The minimum atomic E-state index is -1.24. The molecule has 0 spiro atoms. The molecule has 9 N–H and O–H groups in total. The summed E-state index contributed by atoms with van der Waals surface area (Å²) in [5, 5.41) is 18.7. The van der Waals surface area contributed by atoms with Gasteiger partial charge in [0.15, 0.2) is 0 Å². The van der Waals surface area contributed by atoms with Crippen molar-refractivity contribution in [3.63, 3.8) is 0 Å². The predicted octanol–water partition coefficient (Wildman–Crippen LogP) is 0.838. The van der Waals surface area contributed by atoms with E-state index in [1.807, 2.05) is 36.6 Å². The molecule has 3 rings (SSSR count). The predicted molar refractivity (Wildman–Crippen MR) is 165 cm³/mol.